The first-order valence-corrected chi connectivity index (χ1v) is 8.36. The predicted octanol–water partition coefficient (Wildman–Crippen LogP) is 2.63. The molecule has 5 heteroatoms. The second-order valence-electron chi connectivity index (χ2n) is 6.12. The Morgan fingerprint density at radius 1 is 1.26 bits per heavy atom. The van der Waals surface area contributed by atoms with Crippen molar-refractivity contribution < 1.29 is 14.3 Å². The van der Waals surface area contributed by atoms with Crippen molar-refractivity contribution in [3.05, 3.63) is 29.3 Å². The first kappa shape index (κ1) is 17.3. The smallest absolute Gasteiger partial charge is 0.309 e. The zero-order chi connectivity index (χ0) is 16.8. The van der Waals surface area contributed by atoms with Gasteiger partial charge in [0.2, 0.25) is 0 Å². The predicted molar refractivity (Wildman–Crippen MR) is 89.3 cm³/mol. The molecule has 1 aromatic rings. The summed E-state index contributed by atoms with van der Waals surface area (Å²) in [5.74, 6) is -0.398. The van der Waals surface area contributed by atoms with Crippen molar-refractivity contribution in [2.45, 2.75) is 58.5 Å². The van der Waals surface area contributed by atoms with Crippen LogP contribution in [0.4, 0.5) is 0 Å². The van der Waals surface area contributed by atoms with Gasteiger partial charge in [0.05, 0.1) is 12.6 Å². The molecule has 2 rings (SSSR count). The average Bonchev–Trinajstić information content (AvgIpc) is 3.02. The van der Waals surface area contributed by atoms with Gasteiger partial charge in [0.15, 0.2) is 0 Å². The zero-order valence-corrected chi connectivity index (χ0v) is 14.1. The van der Waals surface area contributed by atoms with Crippen LogP contribution in [0.15, 0.2) is 18.2 Å². The Hall–Kier alpha value is -2.04. The largest absolute Gasteiger partial charge is 0.494 e. The van der Waals surface area contributed by atoms with Crippen molar-refractivity contribution in [1.29, 1.82) is 0 Å². The van der Waals surface area contributed by atoms with Crippen LogP contribution in [0.5, 0.6) is 5.75 Å². The van der Waals surface area contributed by atoms with Gasteiger partial charge >= 0.3 is 11.8 Å². The highest BCUT2D eigenvalue weighted by molar-refractivity contribution is 6.35. The van der Waals surface area contributed by atoms with Crippen LogP contribution in [0, 0.1) is 6.92 Å². The highest BCUT2D eigenvalue weighted by Crippen LogP contribution is 2.26. The van der Waals surface area contributed by atoms with Gasteiger partial charge in [0.1, 0.15) is 5.75 Å². The molecule has 126 valence electrons. The lowest BCUT2D eigenvalue weighted by atomic mass is 10.0. The number of hydrogen-bond donors (Lipinski definition) is 2. The highest BCUT2D eigenvalue weighted by Gasteiger charge is 2.23. The van der Waals surface area contributed by atoms with Gasteiger partial charge in [-0.15, -0.1) is 0 Å². The number of rotatable bonds is 5. The number of carbonyl (C=O) groups is 2. The van der Waals surface area contributed by atoms with Crippen LogP contribution in [0.25, 0.3) is 0 Å². The van der Waals surface area contributed by atoms with Gasteiger partial charge in [-0.2, -0.15) is 0 Å². The van der Waals surface area contributed by atoms with E-state index in [1.54, 1.807) is 0 Å². The Balaban J connectivity index is 1.99. The lowest BCUT2D eigenvalue weighted by Gasteiger charge is -2.19. The van der Waals surface area contributed by atoms with Crippen LogP contribution in [0.2, 0.25) is 0 Å². The van der Waals surface area contributed by atoms with Crippen molar-refractivity contribution in [2.75, 3.05) is 6.61 Å². The van der Waals surface area contributed by atoms with Gasteiger partial charge in [-0.05, 0) is 39.7 Å². The van der Waals surface area contributed by atoms with Gasteiger partial charge in [-0.1, -0.05) is 30.5 Å². The first-order valence-electron chi connectivity index (χ1n) is 8.36. The van der Waals surface area contributed by atoms with Crippen LogP contribution in [-0.4, -0.2) is 24.5 Å². The van der Waals surface area contributed by atoms with Gasteiger partial charge in [0.25, 0.3) is 0 Å². The molecular formula is C18H26N2O3. The molecule has 0 heterocycles. The standard InChI is InChI=1S/C18H26N2O3/c1-4-23-16-10-9-12(2)11-15(16)13(3)19-17(21)18(22)20-14-7-5-6-8-14/h9-11,13-14H,4-8H2,1-3H3,(H,19,21)(H,20,22). The monoisotopic (exact) mass is 318 g/mol. The highest BCUT2D eigenvalue weighted by atomic mass is 16.5. The fourth-order valence-electron chi connectivity index (χ4n) is 2.95. The number of ether oxygens (including phenoxy) is 1. The van der Waals surface area contributed by atoms with Gasteiger partial charge < -0.3 is 15.4 Å². The molecule has 0 aliphatic heterocycles. The minimum absolute atomic E-state index is 0.140. The summed E-state index contributed by atoms with van der Waals surface area (Å²) in [5.41, 5.74) is 1.97. The number of benzene rings is 1. The summed E-state index contributed by atoms with van der Waals surface area (Å²) in [6.07, 6.45) is 4.15. The van der Waals surface area contributed by atoms with E-state index in [4.69, 9.17) is 4.74 Å². The van der Waals surface area contributed by atoms with Crippen LogP contribution >= 0.6 is 0 Å². The Labute approximate surface area is 137 Å². The molecule has 1 aliphatic rings. The summed E-state index contributed by atoms with van der Waals surface area (Å²) >= 11 is 0. The second-order valence-corrected chi connectivity index (χ2v) is 6.12. The lowest BCUT2D eigenvalue weighted by molar-refractivity contribution is -0.140. The van der Waals surface area contributed by atoms with E-state index < -0.39 is 11.8 Å². The number of nitrogens with one attached hydrogen (secondary N) is 2. The molecule has 1 unspecified atom stereocenters. The van der Waals surface area contributed by atoms with E-state index in [1.807, 2.05) is 39.0 Å². The zero-order valence-electron chi connectivity index (χ0n) is 14.1. The van der Waals surface area contributed by atoms with Gasteiger partial charge in [0, 0.05) is 11.6 Å². The summed E-state index contributed by atoms with van der Waals surface area (Å²) in [5, 5.41) is 5.57. The third kappa shape index (κ3) is 4.71. The number of carbonyl (C=O) groups excluding carboxylic acids is 2. The number of amides is 2. The van der Waals surface area contributed by atoms with E-state index in [0.29, 0.717) is 6.61 Å². The molecule has 2 N–H and O–H groups in total. The van der Waals surface area contributed by atoms with E-state index in [-0.39, 0.29) is 12.1 Å². The molecule has 0 spiro atoms. The van der Waals surface area contributed by atoms with Crippen LogP contribution in [0.3, 0.4) is 0 Å². The summed E-state index contributed by atoms with van der Waals surface area (Å²) in [6.45, 7) is 6.32. The maximum Gasteiger partial charge on any atom is 0.309 e. The summed E-state index contributed by atoms with van der Waals surface area (Å²) in [4.78, 5) is 24.1. The summed E-state index contributed by atoms with van der Waals surface area (Å²) < 4.78 is 5.61. The second kappa shape index (κ2) is 7.99. The minimum atomic E-state index is -0.589. The third-order valence-corrected chi connectivity index (χ3v) is 4.18. The summed E-state index contributed by atoms with van der Waals surface area (Å²) in [6, 6.07) is 5.69. The molecule has 1 atom stereocenters. The molecule has 5 nitrogen and oxygen atoms in total. The molecule has 23 heavy (non-hydrogen) atoms. The number of hydrogen-bond acceptors (Lipinski definition) is 3. The molecule has 1 aromatic carbocycles. The topological polar surface area (TPSA) is 67.4 Å². The Bertz CT molecular complexity index is 565. The van der Waals surface area contributed by atoms with Gasteiger partial charge in [-0.3, -0.25) is 9.59 Å². The fourth-order valence-corrected chi connectivity index (χ4v) is 2.95. The van der Waals surface area contributed by atoms with Crippen molar-refractivity contribution >= 4 is 11.8 Å². The van der Waals surface area contributed by atoms with E-state index in [0.717, 1.165) is 42.6 Å². The molecule has 1 fully saturated rings. The van der Waals surface area contributed by atoms with Crippen molar-refractivity contribution in [2.24, 2.45) is 0 Å². The van der Waals surface area contributed by atoms with Crippen molar-refractivity contribution in [3.8, 4) is 5.75 Å². The average molecular weight is 318 g/mol. The van der Waals surface area contributed by atoms with Crippen LogP contribution in [0.1, 0.15) is 56.7 Å². The van der Waals surface area contributed by atoms with E-state index in [2.05, 4.69) is 10.6 Å². The fraction of sp³-hybridized carbons (Fsp3) is 0.556. The third-order valence-electron chi connectivity index (χ3n) is 4.18. The molecule has 1 aliphatic carbocycles. The maximum atomic E-state index is 12.1. The Morgan fingerprint density at radius 2 is 1.96 bits per heavy atom. The van der Waals surface area contributed by atoms with Crippen LogP contribution in [-0.2, 0) is 9.59 Å². The van der Waals surface area contributed by atoms with Crippen molar-refractivity contribution in [1.82, 2.24) is 10.6 Å². The number of aryl methyl sites for hydroxylation is 1. The maximum absolute atomic E-state index is 12.1. The Kier molecular flexibility index (Phi) is 6.02. The summed E-state index contributed by atoms with van der Waals surface area (Å²) in [7, 11) is 0. The molecule has 1 saturated carbocycles. The van der Waals surface area contributed by atoms with E-state index in [9.17, 15) is 9.59 Å². The molecule has 0 aromatic heterocycles. The Morgan fingerprint density at radius 3 is 2.61 bits per heavy atom. The molecule has 2 amide bonds. The lowest BCUT2D eigenvalue weighted by Crippen LogP contribution is -2.44. The normalized spacial score (nSPS) is 16.0. The quantitative estimate of drug-likeness (QED) is 0.820. The van der Waals surface area contributed by atoms with Gasteiger partial charge in [-0.25, -0.2) is 0 Å². The van der Waals surface area contributed by atoms with Crippen molar-refractivity contribution in [3.63, 3.8) is 0 Å². The molecule has 0 saturated heterocycles. The minimum Gasteiger partial charge on any atom is -0.494 e. The molecule has 0 radical (unpaired) electrons. The van der Waals surface area contributed by atoms with E-state index >= 15 is 0 Å². The first-order chi connectivity index (χ1) is 11.0. The SMILES string of the molecule is CCOc1ccc(C)cc1C(C)NC(=O)C(=O)NC1CCCC1. The molecule has 0 bridgehead atoms. The van der Waals surface area contributed by atoms with Crippen LogP contribution < -0.4 is 15.4 Å². The molecular weight excluding hydrogens is 292 g/mol. The van der Waals surface area contributed by atoms with E-state index in [1.165, 1.54) is 0 Å².